The van der Waals surface area contributed by atoms with Crippen LogP contribution in [0.1, 0.15) is 21.7 Å². The summed E-state index contributed by atoms with van der Waals surface area (Å²) in [6.07, 6.45) is 2.75. The van der Waals surface area contributed by atoms with E-state index in [1.54, 1.807) is 4.68 Å². The Labute approximate surface area is 120 Å². The minimum absolute atomic E-state index is 0.399. The first-order valence-electron chi connectivity index (χ1n) is 6.61. The van der Waals surface area contributed by atoms with Crippen molar-refractivity contribution in [1.29, 1.82) is 0 Å². The quantitative estimate of drug-likeness (QED) is 0.626. The van der Waals surface area contributed by atoms with E-state index in [-0.39, 0.29) is 0 Å². The molecule has 0 aliphatic carbocycles. The van der Waals surface area contributed by atoms with E-state index in [2.05, 4.69) is 35.7 Å². The lowest BCUT2D eigenvalue weighted by Gasteiger charge is -2.09. The van der Waals surface area contributed by atoms with E-state index in [4.69, 9.17) is 0 Å². The van der Waals surface area contributed by atoms with Gasteiger partial charge in [-0.2, -0.15) is 0 Å². The first-order valence-corrected chi connectivity index (χ1v) is 10.2. The molecule has 1 aromatic heterocycles. The summed E-state index contributed by atoms with van der Waals surface area (Å²) in [6, 6.07) is 10.0. The molecule has 0 aliphatic heterocycles. The van der Waals surface area contributed by atoms with E-state index in [0.717, 1.165) is 17.5 Å². The van der Waals surface area contributed by atoms with Crippen molar-refractivity contribution in [3.05, 3.63) is 53.0 Å². The molecule has 0 unspecified atom stereocenters. The number of carbonyl (C=O) groups excluding carboxylic acids is 1. The summed E-state index contributed by atoms with van der Waals surface area (Å²) in [4.78, 5) is 11.1. The second kappa shape index (κ2) is 5.96. The number of hydrogen-bond donors (Lipinski definition) is 0. The van der Waals surface area contributed by atoms with Crippen LogP contribution in [0.2, 0.25) is 19.6 Å². The van der Waals surface area contributed by atoms with Crippen LogP contribution in [0.5, 0.6) is 0 Å². The van der Waals surface area contributed by atoms with E-state index in [0.29, 0.717) is 12.2 Å². The lowest BCUT2D eigenvalue weighted by Crippen LogP contribution is -2.15. The Kier molecular flexibility index (Phi) is 4.29. The molecule has 104 valence electrons. The molecule has 2 rings (SSSR count). The first kappa shape index (κ1) is 14.4. The van der Waals surface area contributed by atoms with Crippen LogP contribution in [-0.2, 0) is 6.54 Å². The van der Waals surface area contributed by atoms with Crippen molar-refractivity contribution in [2.45, 2.75) is 26.2 Å². The summed E-state index contributed by atoms with van der Waals surface area (Å²) >= 11 is 0. The number of rotatable bonds is 5. The molecule has 0 aliphatic rings. The smallest absolute Gasteiger partial charge is 0.172 e. The molecular formula is C15H19N3OSi. The van der Waals surface area contributed by atoms with Crippen molar-refractivity contribution in [3.8, 4) is 0 Å². The summed E-state index contributed by atoms with van der Waals surface area (Å²) < 4.78 is 1.77. The standard InChI is InChI=1S/C15H19N3OSi/c1-20(2,3)10-9-15-14(12-19)16-17-18(15)11-13-7-5-4-6-8-13/h4-10,12H,11H2,1-3H3/b10-9+. The fourth-order valence-electron chi connectivity index (χ4n) is 1.79. The molecule has 0 saturated carbocycles. The molecule has 2 aromatic rings. The second-order valence-corrected chi connectivity index (χ2v) is 10.9. The normalized spacial score (nSPS) is 11.9. The van der Waals surface area contributed by atoms with Crippen LogP contribution in [0, 0.1) is 0 Å². The van der Waals surface area contributed by atoms with Crippen LogP contribution >= 0.6 is 0 Å². The minimum atomic E-state index is -1.33. The average Bonchev–Trinajstić information content (AvgIpc) is 2.79. The molecule has 0 bridgehead atoms. The van der Waals surface area contributed by atoms with E-state index in [1.807, 2.05) is 36.4 Å². The lowest BCUT2D eigenvalue weighted by atomic mass is 10.2. The highest BCUT2D eigenvalue weighted by molar-refractivity contribution is 6.81. The summed E-state index contributed by atoms with van der Waals surface area (Å²) in [7, 11) is -1.33. The highest BCUT2D eigenvalue weighted by atomic mass is 28.3. The Bertz CT molecular complexity index is 612. The minimum Gasteiger partial charge on any atom is -0.296 e. The SMILES string of the molecule is C[Si](C)(C)/C=C/c1c(C=O)nnn1Cc1ccccc1. The fraction of sp³-hybridized carbons (Fsp3) is 0.267. The molecule has 20 heavy (non-hydrogen) atoms. The summed E-state index contributed by atoms with van der Waals surface area (Å²) in [5.74, 6) is 0. The number of benzene rings is 1. The molecule has 0 atom stereocenters. The van der Waals surface area contributed by atoms with Gasteiger partial charge in [0.05, 0.1) is 20.3 Å². The zero-order valence-corrected chi connectivity index (χ0v) is 13.1. The van der Waals surface area contributed by atoms with Crippen molar-refractivity contribution in [1.82, 2.24) is 15.0 Å². The van der Waals surface area contributed by atoms with Crippen LogP contribution in [0.15, 0.2) is 36.0 Å². The van der Waals surface area contributed by atoms with Gasteiger partial charge in [0, 0.05) is 0 Å². The maximum Gasteiger partial charge on any atom is 0.172 e. The average molecular weight is 285 g/mol. The summed E-state index contributed by atoms with van der Waals surface area (Å²) in [6.45, 7) is 7.35. The van der Waals surface area contributed by atoms with Crippen molar-refractivity contribution >= 4 is 20.4 Å². The Balaban J connectivity index is 2.32. The van der Waals surface area contributed by atoms with Crippen LogP contribution in [0.25, 0.3) is 6.08 Å². The highest BCUT2D eigenvalue weighted by Crippen LogP contribution is 2.12. The molecule has 4 nitrogen and oxygen atoms in total. The lowest BCUT2D eigenvalue weighted by molar-refractivity contribution is 0.111. The van der Waals surface area contributed by atoms with Gasteiger partial charge in [0.1, 0.15) is 0 Å². The monoisotopic (exact) mass is 285 g/mol. The molecular weight excluding hydrogens is 266 g/mol. The molecule has 0 amide bonds. The Hall–Kier alpha value is -2.01. The van der Waals surface area contributed by atoms with Gasteiger partial charge in [-0.05, 0) is 11.6 Å². The summed E-state index contributed by atoms with van der Waals surface area (Å²) in [5.41, 5.74) is 4.51. The molecule has 0 N–H and O–H groups in total. The number of aldehydes is 1. The third-order valence-corrected chi connectivity index (χ3v) is 4.00. The maximum atomic E-state index is 11.1. The van der Waals surface area contributed by atoms with Crippen molar-refractivity contribution in [2.24, 2.45) is 0 Å². The van der Waals surface area contributed by atoms with Gasteiger partial charge in [0.25, 0.3) is 0 Å². The summed E-state index contributed by atoms with van der Waals surface area (Å²) in [5, 5.41) is 8.02. The van der Waals surface area contributed by atoms with Crippen LogP contribution in [-0.4, -0.2) is 29.4 Å². The van der Waals surface area contributed by atoms with Gasteiger partial charge in [-0.25, -0.2) is 4.68 Å². The molecule has 1 heterocycles. The molecule has 0 spiro atoms. The van der Waals surface area contributed by atoms with Gasteiger partial charge < -0.3 is 0 Å². The topological polar surface area (TPSA) is 47.8 Å². The predicted octanol–water partition coefficient (Wildman–Crippen LogP) is 3.03. The van der Waals surface area contributed by atoms with Gasteiger partial charge in [-0.1, -0.05) is 60.9 Å². The van der Waals surface area contributed by atoms with Crippen molar-refractivity contribution < 1.29 is 4.79 Å². The Morgan fingerprint density at radius 3 is 2.50 bits per heavy atom. The highest BCUT2D eigenvalue weighted by Gasteiger charge is 2.12. The largest absolute Gasteiger partial charge is 0.296 e. The zero-order chi connectivity index (χ0) is 14.6. The number of hydrogen-bond acceptors (Lipinski definition) is 3. The second-order valence-electron chi connectivity index (χ2n) is 5.82. The molecule has 0 fully saturated rings. The van der Waals surface area contributed by atoms with Gasteiger partial charge in [0.2, 0.25) is 0 Å². The van der Waals surface area contributed by atoms with Crippen LogP contribution in [0.3, 0.4) is 0 Å². The van der Waals surface area contributed by atoms with Gasteiger partial charge >= 0.3 is 0 Å². The van der Waals surface area contributed by atoms with E-state index < -0.39 is 8.07 Å². The Morgan fingerprint density at radius 2 is 1.90 bits per heavy atom. The van der Waals surface area contributed by atoms with Gasteiger partial charge in [0.15, 0.2) is 12.0 Å². The van der Waals surface area contributed by atoms with E-state index in [1.165, 1.54) is 0 Å². The third kappa shape index (κ3) is 3.74. The van der Waals surface area contributed by atoms with Crippen LogP contribution in [0.4, 0.5) is 0 Å². The maximum absolute atomic E-state index is 11.1. The first-order chi connectivity index (χ1) is 9.49. The number of aromatic nitrogens is 3. The Morgan fingerprint density at radius 1 is 1.20 bits per heavy atom. The predicted molar refractivity (Wildman–Crippen MR) is 83.3 cm³/mol. The van der Waals surface area contributed by atoms with Crippen LogP contribution < -0.4 is 0 Å². The fourth-order valence-corrected chi connectivity index (χ4v) is 2.45. The molecule has 1 aromatic carbocycles. The molecule has 0 saturated heterocycles. The zero-order valence-electron chi connectivity index (χ0n) is 12.1. The number of carbonyl (C=O) groups is 1. The van der Waals surface area contributed by atoms with E-state index >= 15 is 0 Å². The van der Waals surface area contributed by atoms with E-state index in [9.17, 15) is 4.79 Å². The third-order valence-electron chi connectivity index (χ3n) is 2.83. The van der Waals surface area contributed by atoms with Gasteiger partial charge in [-0.15, -0.1) is 5.10 Å². The van der Waals surface area contributed by atoms with Crippen molar-refractivity contribution in [3.63, 3.8) is 0 Å². The van der Waals surface area contributed by atoms with Gasteiger partial charge in [-0.3, -0.25) is 4.79 Å². The molecule has 5 heteroatoms. The molecule has 0 radical (unpaired) electrons. The van der Waals surface area contributed by atoms with Crippen molar-refractivity contribution in [2.75, 3.05) is 0 Å². The number of nitrogens with zero attached hydrogens (tertiary/aromatic N) is 3.